The normalized spacial score (nSPS) is 42.4. The maximum absolute atomic E-state index is 10.9. The van der Waals surface area contributed by atoms with Crippen LogP contribution in [0.3, 0.4) is 0 Å². The Hall–Kier alpha value is -1.20. The molecule has 14 heavy (non-hydrogen) atoms. The van der Waals surface area contributed by atoms with Crippen LogP contribution in [-0.4, -0.2) is 20.9 Å². The summed E-state index contributed by atoms with van der Waals surface area (Å²) < 4.78 is 0. The Morgan fingerprint density at radius 1 is 1.07 bits per heavy atom. The quantitative estimate of drug-likeness (QED) is 0.501. The predicted octanol–water partition coefficient (Wildman–Crippen LogP) is 1.49. The molecule has 6 nitrogen and oxygen atoms in total. The van der Waals surface area contributed by atoms with E-state index in [2.05, 4.69) is 0 Å². The molecule has 0 spiro atoms. The van der Waals surface area contributed by atoms with E-state index in [9.17, 15) is 20.2 Å². The zero-order valence-corrected chi connectivity index (χ0v) is 8.52. The maximum atomic E-state index is 10.9. The van der Waals surface area contributed by atoms with Crippen molar-refractivity contribution in [3.63, 3.8) is 0 Å². The fourth-order valence-electron chi connectivity index (χ4n) is 2.41. The van der Waals surface area contributed by atoms with Crippen LogP contribution in [0.15, 0.2) is 0 Å². The van der Waals surface area contributed by atoms with Crippen LogP contribution >= 0.6 is 0 Å². The summed E-state index contributed by atoms with van der Waals surface area (Å²) >= 11 is 0. The molecule has 0 bridgehead atoms. The highest BCUT2D eigenvalue weighted by atomic mass is 16.6. The van der Waals surface area contributed by atoms with E-state index in [1.807, 2.05) is 6.92 Å². The highest BCUT2D eigenvalue weighted by Crippen LogP contribution is 2.46. The van der Waals surface area contributed by atoms with Gasteiger partial charge in [-0.25, -0.2) is 0 Å². The molecular weight excluding hydrogens is 188 g/mol. The Bertz CT molecular complexity index is 265. The Morgan fingerprint density at radius 3 is 1.57 bits per heavy atom. The topological polar surface area (TPSA) is 86.3 Å². The summed E-state index contributed by atoms with van der Waals surface area (Å²) in [4.78, 5) is 20.8. The molecule has 0 aliphatic heterocycles. The van der Waals surface area contributed by atoms with Gasteiger partial charge < -0.3 is 0 Å². The molecule has 1 aliphatic carbocycles. The van der Waals surface area contributed by atoms with Gasteiger partial charge in [-0.3, -0.25) is 20.2 Å². The second-order valence-electron chi connectivity index (χ2n) is 4.58. The lowest BCUT2D eigenvalue weighted by atomic mass is 9.84. The first-order valence-electron chi connectivity index (χ1n) is 4.53. The molecule has 0 N–H and O–H groups in total. The highest BCUT2D eigenvalue weighted by Gasteiger charge is 2.69. The molecule has 1 fully saturated rings. The molecule has 0 aromatic heterocycles. The average molecular weight is 202 g/mol. The van der Waals surface area contributed by atoms with Gasteiger partial charge in [-0.05, 0) is 5.92 Å². The number of hydrogen-bond donors (Lipinski definition) is 0. The zero-order valence-electron chi connectivity index (χ0n) is 8.52. The first kappa shape index (κ1) is 10.9. The van der Waals surface area contributed by atoms with Crippen molar-refractivity contribution in [1.82, 2.24) is 0 Å². The Labute approximate surface area is 81.6 Å². The van der Waals surface area contributed by atoms with Crippen LogP contribution in [0.1, 0.15) is 33.6 Å². The highest BCUT2D eigenvalue weighted by molar-refractivity contribution is 5.02. The third-order valence-corrected chi connectivity index (χ3v) is 3.46. The van der Waals surface area contributed by atoms with Gasteiger partial charge in [-0.2, -0.15) is 0 Å². The smallest absolute Gasteiger partial charge is 0.264 e. The fourth-order valence-corrected chi connectivity index (χ4v) is 2.41. The summed E-state index contributed by atoms with van der Waals surface area (Å²) in [5.41, 5.74) is -2.87. The zero-order chi connectivity index (χ0) is 11.1. The molecule has 0 aromatic carbocycles. The Kier molecular flexibility index (Phi) is 2.25. The van der Waals surface area contributed by atoms with E-state index in [0.717, 1.165) is 0 Å². The Morgan fingerprint density at radius 2 is 1.36 bits per heavy atom. The number of hydrogen-bond acceptors (Lipinski definition) is 4. The van der Waals surface area contributed by atoms with Crippen molar-refractivity contribution in [2.24, 2.45) is 5.92 Å². The van der Waals surface area contributed by atoms with Gasteiger partial charge in [0.1, 0.15) is 0 Å². The minimum Gasteiger partial charge on any atom is -0.264 e. The third-order valence-electron chi connectivity index (χ3n) is 3.46. The minimum absolute atomic E-state index is 0.0285. The third kappa shape index (κ3) is 1.17. The molecule has 3 atom stereocenters. The standard InChI is InChI=1S/C8H14N2O4/c1-6-4-7(2,9(11)12)8(3,5-6)10(13)14/h6H,4-5H2,1-3H3/t6?,7-,8+. The van der Waals surface area contributed by atoms with Gasteiger partial charge in [0.05, 0.1) is 0 Å². The molecule has 6 heteroatoms. The van der Waals surface area contributed by atoms with Crippen LogP contribution in [0.5, 0.6) is 0 Å². The van der Waals surface area contributed by atoms with E-state index in [1.165, 1.54) is 13.8 Å². The summed E-state index contributed by atoms with van der Waals surface area (Å²) in [6.45, 7) is 4.56. The second-order valence-corrected chi connectivity index (χ2v) is 4.58. The first-order chi connectivity index (χ1) is 6.24. The molecule has 80 valence electrons. The van der Waals surface area contributed by atoms with E-state index >= 15 is 0 Å². The van der Waals surface area contributed by atoms with Crippen molar-refractivity contribution in [3.8, 4) is 0 Å². The largest absolute Gasteiger partial charge is 0.287 e. The number of rotatable bonds is 2. The summed E-state index contributed by atoms with van der Waals surface area (Å²) in [7, 11) is 0. The maximum Gasteiger partial charge on any atom is 0.287 e. The van der Waals surface area contributed by atoms with Crippen LogP contribution in [0.4, 0.5) is 0 Å². The lowest BCUT2D eigenvalue weighted by Crippen LogP contribution is -2.55. The number of nitrogens with zero attached hydrogens (tertiary/aromatic N) is 2. The number of nitro groups is 2. The van der Waals surface area contributed by atoms with Gasteiger partial charge in [0, 0.05) is 36.5 Å². The van der Waals surface area contributed by atoms with Gasteiger partial charge in [0.25, 0.3) is 11.1 Å². The van der Waals surface area contributed by atoms with E-state index in [0.29, 0.717) is 0 Å². The molecule has 0 radical (unpaired) electrons. The fraction of sp³-hybridized carbons (Fsp3) is 1.00. The van der Waals surface area contributed by atoms with Crippen molar-refractivity contribution >= 4 is 0 Å². The van der Waals surface area contributed by atoms with Crippen LogP contribution < -0.4 is 0 Å². The van der Waals surface area contributed by atoms with E-state index in [-0.39, 0.29) is 18.8 Å². The van der Waals surface area contributed by atoms with Crippen LogP contribution in [0.25, 0.3) is 0 Å². The molecule has 1 unspecified atom stereocenters. The van der Waals surface area contributed by atoms with E-state index in [1.54, 1.807) is 0 Å². The Balaban J connectivity index is 3.17. The monoisotopic (exact) mass is 202 g/mol. The molecule has 0 heterocycles. The average Bonchev–Trinajstić information content (AvgIpc) is 2.24. The summed E-state index contributed by atoms with van der Waals surface area (Å²) in [6.07, 6.45) is 0.551. The van der Waals surface area contributed by atoms with Gasteiger partial charge in [-0.1, -0.05) is 6.92 Å². The molecule has 1 aliphatic rings. The van der Waals surface area contributed by atoms with Crippen LogP contribution in [0.2, 0.25) is 0 Å². The van der Waals surface area contributed by atoms with Crippen LogP contribution in [-0.2, 0) is 0 Å². The first-order valence-corrected chi connectivity index (χ1v) is 4.53. The van der Waals surface area contributed by atoms with E-state index < -0.39 is 20.9 Å². The lowest BCUT2D eigenvalue weighted by molar-refractivity contribution is -0.673. The molecule has 0 saturated heterocycles. The van der Waals surface area contributed by atoms with Crippen molar-refractivity contribution in [2.45, 2.75) is 44.7 Å². The summed E-state index contributed by atoms with van der Waals surface area (Å²) in [6, 6.07) is 0. The minimum atomic E-state index is -1.43. The lowest BCUT2D eigenvalue weighted by Gasteiger charge is -2.25. The van der Waals surface area contributed by atoms with Crippen molar-refractivity contribution in [3.05, 3.63) is 20.2 Å². The molecule has 0 amide bonds. The second kappa shape index (κ2) is 2.90. The van der Waals surface area contributed by atoms with Gasteiger partial charge in [0.15, 0.2) is 0 Å². The summed E-state index contributed by atoms with van der Waals surface area (Å²) in [5, 5.41) is 21.8. The van der Waals surface area contributed by atoms with E-state index in [4.69, 9.17) is 0 Å². The molecule has 1 rings (SSSR count). The molecule has 0 aromatic rings. The molecular formula is C8H14N2O4. The van der Waals surface area contributed by atoms with Crippen LogP contribution in [0, 0.1) is 26.1 Å². The molecule has 1 saturated carbocycles. The SMILES string of the molecule is CC1C[C@@](C)([N+](=O)[O-])[C@@](C)([N+](=O)[O-])C1. The van der Waals surface area contributed by atoms with Crippen molar-refractivity contribution in [2.75, 3.05) is 0 Å². The van der Waals surface area contributed by atoms with Gasteiger partial charge in [-0.15, -0.1) is 0 Å². The van der Waals surface area contributed by atoms with Gasteiger partial charge >= 0.3 is 0 Å². The van der Waals surface area contributed by atoms with Crippen molar-refractivity contribution < 1.29 is 9.85 Å². The van der Waals surface area contributed by atoms with Crippen molar-refractivity contribution in [1.29, 1.82) is 0 Å². The summed E-state index contributed by atoms with van der Waals surface area (Å²) in [5.74, 6) is 0.0285. The predicted molar refractivity (Wildman–Crippen MR) is 49.2 cm³/mol. The van der Waals surface area contributed by atoms with Gasteiger partial charge in [0.2, 0.25) is 0 Å².